The largest absolute Gasteiger partial charge is 0.453 e. The van der Waals surface area contributed by atoms with Gasteiger partial charge in [0, 0.05) is 38.5 Å². The maximum Gasteiger partial charge on any atom is 0.159 e. The molecule has 0 fully saturated rings. The van der Waals surface area contributed by atoms with Crippen LogP contribution in [0.1, 0.15) is 49.9 Å². The molecule has 2 heteroatoms. The van der Waals surface area contributed by atoms with Crippen LogP contribution in [0.5, 0.6) is 0 Å². The van der Waals surface area contributed by atoms with Crippen molar-refractivity contribution in [2.24, 2.45) is 0 Å². The number of furan rings is 1. The van der Waals surface area contributed by atoms with Crippen molar-refractivity contribution in [1.29, 1.82) is 0 Å². The third-order valence-corrected chi connectivity index (χ3v) is 11.5. The van der Waals surface area contributed by atoms with E-state index in [1.54, 1.807) is 0 Å². The van der Waals surface area contributed by atoms with E-state index in [-0.39, 0.29) is 10.8 Å². The van der Waals surface area contributed by atoms with Crippen LogP contribution in [0.25, 0.3) is 55.3 Å². The van der Waals surface area contributed by atoms with Crippen LogP contribution < -0.4 is 4.90 Å². The molecule has 0 radical (unpaired) electrons. The molecule has 0 N–H and O–H groups in total. The molecule has 1 heterocycles. The van der Waals surface area contributed by atoms with Gasteiger partial charge in [-0.05, 0) is 80.4 Å². The van der Waals surface area contributed by atoms with Crippen LogP contribution in [0.3, 0.4) is 0 Å². The van der Waals surface area contributed by atoms with Gasteiger partial charge in [0.25, 0.3) is 0 Å². The van der Waals surface area contributed by atoms with Gasteiger partial charge in [-0.25, -0.2) is 0 Å². The third-order valence-electron chi connectivity index (χ3n) is 11.5. The minimum Gasteiger partial charge on any atom is -0.453 e. The van der Waals surface area contributed by atoms with Crippen molar-refractivity contribution in [2.45, 2.75) is 38.5 Å². The Morgan fingerprint density at radius 2 is 1.02 bits per heavy atom. The first-order valence-electron chi connectivity index (χ1n) is 17.6. The Hall–Kier alpha value is -5.86. The molecule has 0 spiro atoms. The summed E-state index contributed by atoms with van der Waals surface area (Å²) in [7, 11) is 0. The van der Waals surface area contributed by atoms with E-state index < -0.39 is 0 Å². The molecule has 0 atom stereocenters. The maximum atomic E-state index is 7.14. The zero-order valence-corrected chi connectivity index (χ0v) is 28.8. The standard InChI is InChI=1S/C48H37NO/c1-47(2)40-19-11-9-16-38(40)44-41(47)28-27-37-36-17-12-20-43(45(36)50-46(37)44)49(32-23-21-31(22-24-32)30-13-6-5-7-14-30)33-25-26-35-34-15-8-10-18-39(34)48(3,4)42(35)29-33/h5-29H,1-4H3. The van der Waals surface area contributed by atoms with Gasteiger partial charge < -0.3 is 9.32 Å². The van der Waals surface area contributed by atoms with E-state index in [0.717, 1.165) is 39.0 Å². The van der Waals surface area contributed by atoms with Crippen LogP contribution in [-0.4, -0.2) is 0 Å². The van der Waals surface area contributed by atoms with E-state index in [1.165, 1.54) is 55.6 Å². The maximum absolute atomic E-state index is 7.14. The Kier molecular flexibility index (Phi) is 6.01. The lowest BCUT2D eigenvalue weighted by Gasteiger charge is -2.28. The topological polar surface area (TPSA) is 16.4 Å². The van der Waals surface area contributed by atoms with Crippen molar-refractivity contribution >= 4 is 39.0 Å². The summed E-state index contributed by atoms with van der Waals surface area (Å²) in [5.41, 5.74) is 17.8. The number of hydrogen-bond acceptors (Lipinski definition) is 2. The molecular formula is C48H37NO. The molecule has 2 nitrogen and oxygen atoms in total. The fourth-order valence-corrected chi connectivity index (χ4v) is 8.89. The van der Waals surface area contributed by atoms with Gasteiger partial charge in [0.1, 0.15) is 5.58 Å². The van der Waals surface area contributed by atoms with Crippen molar-refractivity contribution in [3.8, 4) is 33.4 Å². The van der Waals surface area contributed by atoms with E-state index in [4.69, 9.17) is 4.42 Å². The molecule has 7 aromatic carbocycles. The van der Waals surface area contributed by atoms with Gasteiger partial charge in [-0.15, -0.1) is 0 Å². The first-order valence-corrected chi connectivity index (χ1v) is 17.6. The Morgan fingerprint density at radius 3 is 1.80 bits per heavy atom. The van der Waals surface area contributed by atoms with E-state index in [0.29, 0.717) is 0 Å². The van der Waals surface area contributed by atoms with Gasteiger partial charge in [-0.3, -0.25) is 0 Å². The minimum absolute atomic E-state index is 0.0940. The van der Waals surface area contributed by atoms with Crippen molar-refractivity contribution < 1.29 is 4.42 Å². The minimum atomic E-state index is -0.114. The van der Waals surface area contributed by atoms with Crippen molar-refractivity contribution in [3.63, 3.8) is 0 Å². The Morgan fingerprint density at radius 1 is 0.420 bits per heavy atom. The van der Waals surface area contributed by atoms with Gasteiger partial charge >= 0.3 is 0 Å². The number of benzene rings is 7. The molecule has 0 bridgehead atoms. The van der Waals surface area contributed by atoms with E-state index in [1.807, 2.05) is 0 Å². The van der Waals surface area contributed by atoms with Gasteiger partial charge in [0.2, 0.25) is 0 Å². The highest BCUT2D eigenvalue weighted by Gasteiger charge is 2.38. The fourth-order valence-electron chi connectivity index (χ4n) is 8.89. The lowest BCUT2D eigenvalue weighted by atomic mass is 9.82. The zero-order valence-electron chi connectivity index (χ0n) is 28.8. The first-order chi connectivity index (χ1) is 24.3. The predicted octanol–water partition coefficient (Wildman–Crippen LogP) is 13.3. The summed E-state index contributed by atoms with van der Waals surface area (Å²) in [5.74, 6) is 0. The lowest BCUT2D eigenvalue weighted by Crippen LogP contribution is -2.16. The Balaban J connectivity index is 1.21. The normalized spacial score (nSPS) is 14.7. The van der Waals surface area contributed by atoms with Crippen molar-refractivity contribution in [3.05, 3.63) is 174 Å². The number of anilines is 3. The first kappa shape index (κ1) is 29.1. The average Bonchev–Trinajstić information content (AvgIpc) is 3.73. The number of nitrogens with zero attached hydrogens (tertiary/aromatic N) is 1. The number of fused-ring (bicyclic) bond motifs is 10. The molecule has 50 heavy (non-hydrogen) atoms. The summed E-state index contributed by atoms with van der Waals surface area (Å²) < 4.78 is 7.14. The van der Waals surface area contributed by atoms with E-state index in [9.17, 15) is 0 Å². The number of hydrogen-bond donors (Lipinski definition) is 0. The summed E-state index contributed by atoms with van der Waals surface area (Å²) in [4.78, 5) is 2.39. The van der Waals surface area contributed by atoms with Gasteiger partial charge in [-0.2, -0.15) is 0 Å². The van der Waals surface area contributed by atoms with Gasteiger partial charge in [0.05, 0.1) is 5.69 Å². The predicted molar refractivity (Wildman–Crippen MR) is 209 cm³/mol. The molecular weight excluding hydrogens is 607 g/mol. The van der Waals surface area contributed by atoms with Crippen LogP contribution in [-0.2, 0) is 10.8 Å². The van der Waals surface area contributed by atoms with E-state index in [2.05, 4.69) is 184 Å². The SMILES string of the molecule is CC1(C)c2ccccc2-c2ccc(N(c3ccc(-c4ccccc4)cc3)c3cccc4c3oc3c5c(ccc34)C(C)(C)c3ccccc3-5)cc21. The summed E-state index contributed by atoms with van der Waals surface area (Å²) >= 11 is 0. The highest BCUT2D eigenvalue weighted by Crippen LogP contribution is 2.54. The zero-order chi connectivity index (χ0) is 33.8. The second-order valence-corrected chi connectivity index (χ2v) is 14.9. The van der Waals surface area contributed by atoms with Crippen molar-refractivity contribution in [1.82, 2.24) is 0 Å². The smallest absolute Gasteiger partial charge is 0.159 e. The molecule has 8 aromatic rings. The summed E-state index contributed by atoms with van der Waals surface area (Å²) in [6.45, 7) is 9.35. The number of rotatable bonds is 4. The second kappa shape index (κ2) is 10.3. The fraction of sp³-hybridized carbons (Fsp3) is 0.125. The van der Waals surface area contributed by atoms with Crippen LogP contribution in [0.4, 0.5) is 17.1 Å². The molecule has 0 aliphatic heterocycles. The summed E-state index contributed by atoms with van der Waals surface area (Å²) in [6.07, 6.45) is 0. The monoisotopic (exact) mass is 643 g/mol. The molecule has 0 amide bonds. The molecule has 2 aliphatic carbocycles. The Bertz CT molecular complexity index is 2640. The lowest BCUT2D eigenvalue weighted by molar-refractivity contribution is 0.653. The van der Waals surface area contributed by atoms with Gasteiger partial charge in [-0.1, -0.05) is 149 Å². The van der Waals surface area contributed by atoms with Gasteiger partial charge in [0.15, 0.2) is 5.58 Å². The molecule has 10 rings (SSSR count). The quantitative estimate of drug-likeness (QED) is 0.190. The molecule has 0 saturated carbocycles. The van der Waals surface area contributed by atoms with Crippen LogP contribution >= 0.6 is 0 Å². The van der Waals surface area contributed by atoms with Crippen LogP contribution in [0.15, 0.2) is 156 Å². The average molecular weight is 644 g/mol. The molecule has 2 aliphatic rings. The molecule has 1 aromatic heterocycles. The second-order valence-electron chi connectivity index (χ2n) is 14.9. The Labute approximate surface area is 293 Å². The number of para-hydroxylation sites is 1. The molecule has 0 saturated heterocycles. The van der Waals surface area contributed by atoms with Crippen molar-refractivity contribution in [2.75, 3.05) is 4.90 Å². The molecule has 240 valence electrons. The highest BCUT2D eigenvalue weighted by molar-refractivity contribution is 6.15. The highest BCUT2D eigenvalue weighted by atomic mass is 16.3. The summed E-state index contributed by atoms with van der Waals surface area (Å²) in [5, 5.41) is 2.28. The van der Waals surface area contributed by atoms with Crippen LogP contribution in [0.2, 0.25) is 0 Å². The third kappa shape index (κ3) is 3.96. The van der Waals surface area contributed by atoms with Crippen LogP contribution in [0, 0.1) is 0 Å². The molecule has 0 unspecified atom stereocenters. The van der Waals surface area contributed by atoms with E-state index >= 15 is 0 Å². The summed E-state index contributed by atoms with van der Waals surface area (Å²) in [6, 6.07) is 55.4.